The minimum Gasteiger partial charge on any atom is -0.354 e. The number of hydrogen-bond acceptors (Lipinski definition) is 6. The first-order valence-electron chi connectivity index (χ1n) is 8.99. The summed E-state index contributed by atoms with van der Waals surface area (Å²) in [4.78, 5) is 10.8. The fourth-order valence-electron chi connectivity index (χ4n) is 3.14. The van der Waals surface area contributed by atoms with E-state index in [-0.39, 0.29) is 5.75 Å². The van der Waals surface area contributed by atoms with Crippen molar-refractivity contribution < 1.29 is 8.42 Å². The number of sulfonamides is 1. The smallest absolute Gasteiger partial charge is 0.214 e. The van der Waals surface area contributed by atoms with Gasteiger partial charge in [-0.3, -0.25) is 0 Å². The van der Waals surface area contributed by atoms with Crippen molar-refractivity contribution in [3.8, 4) is 5.82 Å². The Balaban J connectivity index is 1.70. The van der Waals surface area contributed by atoms with Gasteiger partial charge >= 0.3 is 0 Å². The molecule has 8 nitrogen and oxygen atoms in total. The molecule has 1 saturated heterocycles. The van der Waals surface area contributed by atoms with Gasteiger partial charge in [0.05, 0.1) is 11.4 Å². The Morgan fingerprint density at radius 2 is 1.73 bits per heavy atom. The van der Waals surface area contributed by atoms with Crippen LogP contribution in [0.1, 0.15) is 31.2 Å². The molecule has 3 rings (SSSR count). The molecule has 0 amide bonds. The lowest BCUT2D eigenvalue weighted by atomic mass is 10.3. The molecule has 2 aromatic rings. The SMILES string of the molecule is CCCCS(=O)(=O)N1CCN(c2cc(-n3nc(C)cc3C)ncn2)CC1. The number of aryl methyl sites for hydroxylation is 2. The van der Waals surface area contributed by atoms with E-state index in [1.54, 1.807) is 8.99 Å². The van der Waals surface area contributed by atoms with E-state index in [0.29, 0.717) is 32.6 Å². The molecule has 0 unspecified atom stereocenters. The van der Waals surface area contributed by atoms with Gasteiger partial charge in [0, 0.05) is 37.9 Å². The molecule has 0 radical (unpaired) electrons. The van der Waals surface area contributed by atoms with Crippen molar-refractivity contribution in [3.05, 3.63) is 29.8 Å². The Labute approximate surface area is 154 Å². The predicted molar refractivity (Wildman–Crippen MR) is 101 cm³/mol. The predicted octanol–water partition coefficient (Wildman–Crippen LogP) is 1.53. The van der Waals surface area contributed by atoms with E-state index >= 15 is 0 Å². The lowest BCUT2D eigenvalue weighted by Crippen LogP contribution is -2.49. The number of rotatable bonds is 6. The van der Waals surface area contributed by atoms with Crippen LogP contribution in [0.5, 0.6) is 0 Å². The van der Waals surface area contributed by atoms with Crippen molar-refractivity contribution in [1.82, 2.24) is 24.1 Å². The maximum atomic E-state index is 12.3. The molecular weight excluding hydrogens is 352 g/mol. The fourth-order valence-corrected chi connectivity index (χ4v) is 4.77. The van der Waals surface area contributed by atoms with Gasteiger partial charge in [0.25, 0.3) is 0 Å². The number of aromatic nitrogens is 4. The van der Waals surface area contributed by atoms with Gasteiger partial charge in [0.15, 0.2) is 5.82 Å². The van der Waals surface area contributed by atoms with E-state index < -0.39 is 10.0 Å². The summed E-state index contributed by atoms with van der Waals surface area (Å²) in [6.45, 7) is 8.17. The van der Waals surface area contributed by atoms with Crippen molar-refractivity contribution in [2.45, 2.75) is 33.6 Å². The molecule has 26 heavy (non-hydrogen) atoms. The Morgan fingerprint density at radius 1 is 1.04 bits per heavy atom. The van der Waals surface area contributed by atoms with Crippen molar-refractivity contribution >= 4 is 15.8 Å². The van der Waals surface area contributed by atoms with Crippen molar-refractivity contribution in [1.29, 1.82) is 0 Å². The average Bonchev–Trinajstić information content (AvgIpc) is 2.98. The molecule has 0 saturated carbocycles. The highest BCUT2D eigenvalue weighted by Crippen LogP contribution is 2.18. The number of anilines is 1. The Kier molecular flexibility index (Phi) is 5.57. The summed E-state index contributed by atoms with van der Waals surface area (Å²) in [7, 11) is -3.15. The Bertz CT molecular complexity index is 856. The Hall–Kier alpha value is -2.00. The molecule has 9 heteroatoms. The van der Waals surface area contributed by atoms with Gasteiger partial charge < -0.3 is 4.90 Å². The van der Waals surface area contributed by atoms with E-state index in [2.05, 4.69) is 20.0 Å². The van der Waals surface area contributed by atoms with E-state index in [9.17, 15) is 8.42 Å². The second-order valence-electron chi connectivity index (χ2n) is 6.63. The molecule has 1 fully saturated rings. The topological polar surface area (TPSA) is 84.2 Å². The minimum absolute atomic E-state index is 0.235. The van der Waals surface area contributed by atoms with Gasteiger partial charge in [-0.1, -0.05) is 13.3 Å². The molecule has 0 N–H and O–H groups in total. The van der Waals surface area contributed by atoms with Gasteiger partial charge in [-0.2, -0.15) is 9.40 Å². The normalized spacial score (nSPS) is 16.2. The summed E-state index contributed by atoms with van der Waals surface area (Å²) < 4.78 is 28.1. The van der Waals surface area contributed by atoms with E-state index in [4.69, 9.17) is 0 Å². The summed E-state index contributed by atoms with van der Waals surface area (Å²) in [5, 5.41) is 4.46. The molecule has 0 bridgehead atoms. The van der Waals surface area contributed by atoms with Crippen LogP contribution in [0.2, 0.25) is 0 Å². The second kappa shape index (κ2) is 7.71. The van der Waals surface area contributed by atoms with E-state index in [1.807, 2.05) is 32.9 Å². The maximum absolute atomic E-state index is 12.3. The van der Waals surface area contributed by atoms with Crippen LogP contribution in [0.25, 0.3) is 5.82 Å². The number of unbranched alkanes of at least 4 members (excludes halogenated alkanes) is 1. The maximum Gasteiger partial charge on any atom is 0.214 e. The number of piperazine rings is 1. The van der Waals surface area contributed by atoms with Crippen LogP contribution >= 0.6 is 0 Å². The van der Waals surface area contributed by atoms with Gasteiger partial charge in [-0.25, -0.2) is 23.1 Å². The van der Waals surface area contributed by atoms with Crippen LogP contribution in [0.3, 0.4) is 0 Å². The van der Waals surface area contributed by atoms with Crippen LogP contribution in [0.15, 0.2) is 18.5 Å². The van der Waals surface area contributed by atoms with Gasteiger partial charge in [-0.15, -0.1) is 0 Å². The van der Waals surface area contributed by atoms with Crippen LogP contribution in [-0.2, 0) is 10.0 Å². The molecule has 0 spiro atoms. The van der Waals surface area contributed by atoms with Crippen LogP contribution < -0.4 is 4.90 Å². The van der Waals surface area contributed by atoms with E-state index in [1.165, 1.54) is 6.33 Å². The summed E-state index contributed by atoms with van der Waals surface area (Å²) in [5.74, 6) is 1.76. The standard InChI is InChI=1S/C17H26N6O2S/c1-4-5-10-26(24,25)22-8-6-21(7-9-22)16-12-17(19-13-18-16)23-15(3)11-14(2)20-23/h11-13H,4-10H2,1-3H3. The monoisotopic (exact) mass is 378 g/mol. The average molecular weight is 379 g/mol. The first-order chi connectivity index (χ1) is 12.4. The summed E-state index contributed by atoms with van der Waals surface area (Å²) in [6, 6.07) is 3.91. The lowest BCUT2D eigenvalue weighted by molar-refractivity contribution is 0.383. The summed E-state index contributed by atoms with van der Waals surface area (Å²) >= 11 is 0. The minimum atomic E-state index is -3.15. The van der Waals surface area contributed by atoms with Gasteiger partial charge in [-0.05, 0) is 26.3 Å². The molecule has 2 aromatic heterocycles. The number of hydrogen-bond donors (Lipinski definition) is 0. The quantitative estimate of drug-likeness (QED) is 0.758. The third-order valence-electron chi connectivity index (χ3n) is 4.58. The van der Waals surface area contributed by atoms with Crippen LogP contribution in [-0.4, -0.2) is 64.4 Å². The summed E-state index contributed by atoms with van der Waals surface area (Å²) in [5.41, 5.74) is 1.95. The molecule has 1 aliphatic heterocycles. The van der Waals surface area contributed by atoms with Crippen LogP contribution in [0, 0.1) is 13.8 Å². The second-order valence-corrected chi connectivity index (χ2v) is 8.72. The van der Waals surface area contributed by atoms with Crippen LogP contribution in [0.4, 0.5) is 5.82 Å². The zero-order chi connectivity index (χ0) is 18.7. The van der Waals surface area contributed by atoms with Crippen molar-refractivity contribution in [2.24, 2.45) is 0 Å². The first-order valence-corrected chi connectivity index (χ1v) is 10.6. The number of nitrogens with zero attached hydrogens (tertiary/aromatic N) is 6. The highest BCUT2D eigenvalue weighted by Gasteiger charge is 2.27. The third kappa shape index (κ3) is 4.04. The zero-order valence-corrected chi connectivity index (χ0v) is 16.4. The molecule has 0 aliphatic carbocycles. The first kappa shape index (κ1) is 18.8. The third-order valence-corrected chi connectivity index (χ3v) is 6.53. The highest BCUT2D eigenvalue weighted by molar-refractivity contribution is 7.89. The summed E-state index contributed by atoms with van der Waals surface area (Å²) in [6.07, 6.45) is 3.13. The van der Waals surface area contributed by atoms with Gasteiger partial charge in [0.1, 0.15) is 12.1 Å². The van der Waals surface area contributed by atoms with E-state index in [0.717, 1.165) is 29.4 Å². The van der Waals surface area contributed by atoms with Crippen molar-refractivity contribution in [2.75, 3.05) is 36.8 Å². The molecular formula is C17H26N6O2S. The molecule has 0 atom stereocenters. The van der Waals surface area contributed by atoms with Crippen molar-refractivity contribution in [3.63, 3.8) is 0 Å². The molecule has 0 aromatic carbocycles. The fraction of sp³-hybridized carbons (Fsp3) is 0.588. The molecule has 142 valence electrons. The van der Waals surface area contributed by atoms with Gasteiger partial charge in [0.2, 0.25) is 10.0 Å². The lowest BCUT2D eigenvalue weighted by Gasteiger charge is -2.34. The molecule has 1 aliphatic rings. The molecule has 3 heterocycles. The Morgan fingerprint density at radius 3 is 2.35 bits per heavy atom. The zero-order valence-electron chi connectivity index (χ0n) is 15.6. The largest absolute Gasteiger partial charge is 0.354 e. The highest BCUT2D eigenvalue weighted by atomic mass is 32.2.